The Morgan fingerprint density at radius 2 is 1.86 bits per heavy atom. The molecule has 0 aliphatic heterocycles. The molecule has 0 aliphatic rings. The number of carbonyl (C=O) groups excluding carboxylic acids is 2. The van der Waals surface area contributed by atoms with Crippen LogP contribution in [0, 0.1) is 5.82 Å². The molecule has 5 nitrogen and oxygen atoms in total. The van der Waals surface area contributed by atoms with E-state index in [0.29, 0.717) is 12.3 Å². The van der Waals surface area contributed by atoms with Crippen LogP contribution < -0.4 is 10.1 Å². The maximum absolute atomic E-state index is 12.8. The summed E-state index contributed by atoms with van der Waals surface area (Å²) in [5.74, 6) is -1.11. The number of carbonyl (C=O) groups is 2. The van der Waals surface area contributed by atoms with Crippen molar-refractivity contribution in [1.29, 1.82) is 0 Å². The van der Waals surface area contributed by atoms with Gasteiger partial charge in [0.2, 0.25) is 0 Å². The molecule has 1 amide bonds. The van der Waals surface area contributed by atoms with Gasteiger partial charge in [0.1, 0.15) is 11.6 Å². The topological polar surface area (TPSA) is 64.6 Å². The first kappa shape index (κ1) is 16.9. The fourth-order valence-electron chi connectivity index (χ4n) is 1.51. The molecule has 1 atom stereocenters. The van der Waals surface area contributed by atoms with Crippen molar-refractivity contribution in [1.82, 2.24) is 5.32 Å². The molecule has 0 saturated carbocycles. The van der Waals surface area contributed by atoms with E-state index in [1.807, 2.05) is 0 Å². The SMILES string of the molecule is CCNC(=O)[C@H](C)OC(=O)C(C)(C)Oc1ccc(F)cc1. The molecule has 0 radical (unpaired) electrons. The number of rotatable bonds is 6. The van der Waals surface area contributed by atoms with Crippen molar-refractivity contribution in [2.24, 2.45) is 0 Å². The second-order valence-corrected chi connectivity index (χ2v) is 5.01. The van der Waals surface area contributed by atoms with E-state index in [0.717, 1.165) is 0 Å². The van der Waals surface area contributed by atoms with Crippen molar-refractivity contribution in [3.05, 3.63) is 30.1 Å². The van der Waals surface area contributed by atoms with Gasteiger partial charge < -0.3 is 14.8 Å². The number of benzene rings is 1. The van der Waals surface area contributed by atoms with Crippen LogP contribution in [-0.4, -0.2) is 30.1 Å². The number of halogens is 1. The van der Waals surface area contributed by atoms with Crippen LogP contribution in [0.3, 0.4) is 0 Å². The minimum atomic E-state index is -1.29. The molecular weight excluding hydrogens is 277 g/mol. The molecule has 0 aromatic heterocycles. The van der Waals surface area contributed by atoms with Crippen LogP contribution in [0.2, 0.25) is 0 Å². The number of hydrogen-bond acceptors (Lipinski definition) is 4. The van der Waals surface area contributed by atoms with Gasteiger partial charge in [0, 0.05) is 6.54 Å². The van der Waals surface area contributed by atoms with Gasteiger partial charge in [0.25, 0.3) is 5.91 Å². The zero-order valence-electron chi connectivity index (χ0n) is 12.6. The van der Waals surface area contributed by atoms with E-state index in [1.54, 1.807) is 6.92 Å². The molecule has 0 fully saturated rings. The van der Waals surface area contributed by atoms with Crippen LogP contribution in [0.25, 0.3) is 0 Å². The van der Waals surface area contributed by atoms with E-state index in [1.165, 1.54) is 45.0 Å². The Labute approximate surface area is 123 Å². The van der Waals surface area contributed by atoms with Crippen LogP contribution >= 0.6 is 0 Å². The first-order chi connectivity index (χ1) is 9.76. The van der Waals surface area contributed by atoms with Crippen LogP contribution in [-0.2, 0) is 14.3 Å². The molecule has 1 aromatic carbocycles. The Kier molecular flexibility index (Phi) is 5.69. The highest BCUT2D eigenvalue weighted by atomic mass is 19.1. The molecule has 1 N–H and O–H groups in total. The van der Waals surface area contributed by atoms with Crippen LogP contribution in [0.4, 0.5) is 4.39 Å². The van der Waals surface area contributed by atoms with E-state index in [4.69, 9.17) is 9.47 Å². The number of likely N-dealkylation sites (N-methyl/N-ethyl adjacent to an activating group) is 1. The van der Waals surface area contributed by atoms with Gasteiger partial charge in [-0.05, 0) is 52.0 Å². The van der Waals surface area contributed by atoms with Crippen molar-refractivity contribution >= 4 is 11.9 Å². The molecule has 1 rings (SSSR count). The maximum Gasteiger partial charge on any atom is 0.350 e. The number of hydrogen-bond donors (Lipinski definition) is 1. The third-order valence-electron chi connectivity index (χ3n) is 2.68. The van der Waals surface area contributed by atoms with Crippen LogP contribution in [0.5, 0.6) is 5.75 Å². The third-order valence-corrected chi connectivity index (χ3v) is 2.68. The van der Waals surface area contributed by atoms with E-state index in [9.17, 15) is 14.0 Å². The second kappa shape index (κ2) is 7.06. The first-order valence-corrected chi connectivity index (χ1v) is 6.69. The normalized spacial score (nSPS) is 12.4. The van der Waals surface area contributed by atoms with Crippen molar-refractivity contribution in [2.75, 3.05) is 6.54 Å². The fraction of sp³-hybridized carbons (Fsp3) is 0.467. The van der Waals surface area contributed by atoms with Gasteiger partial charge in [-0.1, -0.05) is 0 Å². The monoisotopic (exact) mass is 297 g/mol. The van der Waals surface area contributed by atoms with Crippen LogP contribution in [0.15, 0.2) is 24.3 Å². The molecule has 0 saturated heterocycles. The smallest absolute Gasteiger partial charge is 0.350 e. The lowest BCUT2D eigenvalue weighted by Crippen LogP contribution is -2.44. The van der Waals surface area contributed by atoms with Gasteiger partial charge in [0.05, 0.1) is 0 Å². The predicted octanol–water partition coefficient (Wildman–Crippen LogP) is 2.05. The number of nitrogens with one attached hydrogen (secondary N) is 1. The van der Waals surface area contributed by atoms with Gasteiger partial charge in [-0.3, -0.25) is 4.79 Å². The Balaban J connectivity index is 2.66. The van der Waals surface area contributed by atoms with Crippen molar-refractivity contribution in [2.45, 2.75) is 39.4 Å². The average Bonchev–Trinajstić information content (AvgIpc) is 2.41. The minimum Gasteiger partial charge on any atom is -0.476 e. The lowest BCUT2D eigenvalue weighted by Gasteiger charge is -2.25. The lowest BCUT2D eigenvalue weighted by atomic mass is 10.1. The minimum absolute atomic E-state index is 0.337. The van der Waals surface area contributed by atoms with Gasteiger partial charge in [-0.25, -0.2) is 9.18 Å². The zero-order chi connectivity index (χ0) is 16.0. The van der Waals surface area contributed by atoms with Gasteiger partial charge in [-0.2, -0.15) is 0 Å². The lowest BCUT2D eigenvalue weighted by molar-refractivity contribution is -0.167. The molecule has 0 unspecified atom stereocenters. The molecular formula is C15H20FNO4. The third kappa shape index (κ3) is 5.06. The Bertz CT molecular complexity index is 499. The predicted molar refractivity (Wildman–Crippen MR) is 75.3 cm³/mol. The van der Waals surface area contributed by atoms with Crippen molar-refractivity contribution in [3.63, 3.8) is 0 Å². The Morgan fingerprint density at radius 1 is 1.29 bits per heavy atom. The van der Waals surface area contributed by atoms with E-state index < -0.39 is 23.5 Å². The maximum atomic E-state index is 12.8. The summed E-state index contributed by atoms with van der Waals surface area (Å²) in [5, 5.41) is 2.56. The molecule has 6 heteroatoms. The van der Waals surface area contributed by atoms with E-state index in [2.05, 4.69) is 5.32 Å². The number of esters is 1. The summed E-state index contributed by atoms with van der Waals surface area (Å²) >= 11 is 0. The van der Waals surface area contributed by atoms with Crippen molar-refractivity contribution in [3.8, 4) is 5.75 Å². The quantitative estimate of drug-likeness (QED) is 0.816. The highest BCUT2D eigenvalue weighted by molar-refractivity contribution is 5.85. The van der Waals surface area contributed by atoms with Crippen LogP contribution in [0.1, 0.15) is 27.7 Å². The molecule has 0 bridgehead atoms. The molecule has 0 spiro atoms. The summed E-state index contributed by atoms with van der Waals surface area (Å²) < 4.78 is 23.4. The summed E-state index contributed by atoms with van der Waals surface area (Å²) in [7, 11) is 0. The number of amides is 1. The molecule has 116 valence electrons. The Morgan fingerprint density at radius 3 is 2.38 bits per heavy atom. The highest BCUT2D eigenvalue weighted by Crippen LogP contribution is 2.20. The average molecular weight is 297 g/mol. The summed E-state index contributed by atoms with van der Waals surface area (Å²) in [4.78, 5) is 23.6. The van der Waals surface area contributed by atoms with E-state index in [-0.39, 0.29) is 5.91 Å². The molecule has 0 heterocycles. The molecule has 0 aliphatic carbocycles. The summed E-state index contributed by atoms with van der Waals surface area (Å²) in [5.41, 5.74) is -1.29. The number of ether oxygens (including phenoxy) is 2. The molecule has 1 aromatic rings. The first-order valence-electron chi connectivity index (χ1n) is 6.69. The van der Waals surface area contributed by atoms with Gasteiger partial charge in [-0.15, -0.1) is 0 Å². The van der Waals surface area contributed by atoms with Gasteiger partial charge in [0.15, 0.2) is 11.7 Å². The summed E-state index contributed by atoms with van der Waals surface area (Å²) in [6.45, 7) is 6.74. The zero-order valence-corrected chi connectivity index (χ0v) is 12.6. The second-order valence-electron chi connectivity index (χ2n) is 5.01. The largest absolute Gasteiger partial charge is 0.476 e. The van der Waals surface area contributed by atoms with Crippen molar-refractivity contribution < 1.29 is 23.5 Å². The standard InChI is InChI=1S/C15H20FNO4/c1-5-17-13(18)10(2)20-14(19)15(3,4)21-12-8-6-11(16)7-9-12/h6-10H,5H2,1-4H3,(H,17,18)/t10-/m0/s1. The summed E-state index contributed by atoms with van der Waals surface area (Å²) in [6, 6.07) is 5.29. The van der Waals surface area contributed by atoms with Gasteiger partial charge >= 0.3 is 5.97 Å². The Hall–Kier alpha value is -2.11. The highest BCUT2D eigenvalue weighted by Gasteiger charge is 2.34. The van der Waals surface area contributed by atoms with E-state index >= 15 is 0 Å². The summed E-state index contributed by atoms with van der Waals surface area (Å²) in [6.07, 6.45) is -0.909. The fourth-order valence-corrected chi connectivity index (χ4v) is 1.51. The molecule has 21 heavy (non-hydrogen) atoms.